The third kappa shape index (κ3) is 2.38. The lowest BCUT2D eigenvalue weighted by Crippen LogP contribution is -2.41. The molecule has 1 aromatic carbocycles. The Morgan fingerprint density at radius 2 is 2.00 bits per heavy atom. The number of rotatable bonds is 3. The second-order valence-electron chi connectivity index (χ2n) is 6.07. The number of amides is 1. The van der Waals surface area contributed by atoms with Crippen molar-refractivity contribution in [2.75, 3.05) is 0 Å². The van der Waals surface area contributed by atoms with E-state index < -0.39 is 0 Å². The minimum Gasteiger partial charge on any atom is -0.329 e. The van der Waals surface area contributed by atoms with E-state index in [9.17, 15) is 4.79 Å². The van der Waals surface area contributed by atoms with Crippen molar-refractivity contribution < 1.29 is 4.79 Å². The van der Waals surface area contributed by atoms with Gasteiger partial charge in [0, 0.05) is 19.8 Å². The molecule has 7 heteroatoms. The molecule has 0 N–H and O–H groups in total. The molecule has 0 fully saturated rings. The van der Waals surface area contributed by atoms with Crippen LogP contribution in [0.15, 0.2) is 42.7 Å². The number of fused-ring (bicyclic) bond motifs is 1. The van der Waals surface area contributed by atoms with Gasteiger partial charge in [0.25, 0.3) is 0 Å². The second kappa shape index (κ2) is 5.59. The van der Waals surface area contributed by atoms with Crippen molar-refractivity contribution >= 4 is 5.91 Å². The van der Waals surface area contributed by atoms with Crippen LogP contribution in [0.2, 0.25) is 0 Å². The van der Waals surface area contributed by atoms with Gasteiger partial charge in [0.1, 0.15) is 6.04 Å². The summed E-state index contributed by atoms with van der Waals surface area (Å²) in [5.41, 5.74) is 1.98. The number of aryl methyl sites for hydroxylation is 1. The van der Waals surface area contributed by atoms with Gasteiger partial charge in [0.2, 0.25) is 5.91 Å². The molecule has 0 radical (unpaired) electrons. The molecule has 0 aliphatic carbocycles. The minimum atomic E-state index is -0.331. The molecule has 0 saturated carbocycles. The standard InChI is InChI=1S/C17H18N6O/c1-12-17(24)22(9-13-6-4-3-5-7-13)11-15-19-20-16(23(12)15)14-8-18-21(2)10-14/h3-8,10,12H,9,11H2,1-2H3/t12-/m0/s1. The fourth-order valence-corrected chi connectivity index (χ4v) is 3.13. The van der Waals surface area contributed by atoms with Crippen molar-refractivity contribution in [3.63, 3.8) is 0 Å². The highest BCUT2D eigenvalue weighted by Gasteiger charge is 2.33. The molecule has 1 aliphatic rings. The van der Waals surface area contributed by atoms with E-state index in [1.54, 1.807) is 10.9 Å². The Balaban J connectivity index is 1.66. The van der Waals surface area contributed by atoms with Crippen molar-refractivity contribution in [1.82, 2.24) is 29.4 Å². The van der Waals surface area contributed by atoms with Crippen LogP contribution in [0, 0.1) is 0 Å². The maximum atomic E-state index is 12.8. The van der Waals surface area contributed by atoms with Crippen molar-refractivity contribution in [3.8, 4) is 11.4 Å². The maximum Gasteiger partial charge on any atom is 0.246 e. The summed E-state index contributed by atoms with van der Waals surface area (Å²) in [5.74, 6) is 1.58. The maximum absolute atomic E-state index is 12.8. The molecule has 7 nitrogen and oxygen atoms in total. The topological polar surface area (TPSA) is 68.8 Å². The molecule has 0 bridgehead atoms. The normalized spacial score (nSPS) is 17.2. The van der Waals surface area contributed by atoms with E-state index in [0.29, 0.717) is 18.9 Å². The lowest BCUT2D eigenvalue weighted by atomic mass is 10.1. The smallest absolute Gasteiger partial charge is 0.246 e. The van der Waals surface area contributed by atoms with Crippen LogP contribution in [0.25, 0.3) is 11.4 Å². The van der Waals surface area contributed by atoms with Gasteiger partial charge in [-0.05, 0) is 12.5 Å². The fourth-order valence-electron chi connectivity index (χ4n) is 3.13. The zero-order valence-corrected chi connectivity index (χ0v) is 13.6. The molecule has 3 aromatic rings. The summed E-state index contributed by atoms with van der Waals surface area (Å²) in [6, 6.07) is 9.66. The summed E-state index contributed by atoms with van der Waals surface area (Å²) in [6.45, 7) is 2.94. The molecular formula is C17H18N6O. The molecule has 0 spiro atoms. The lowest BCUT2D eigenvalue weighted by Gasteiger charge is -2.32. The number of carbonyl (C=O) groups excluding carboxylic acids is 1. The lowest BCUT2D eigenvalue weighted by molar-refractivity contribution is -0.137. The highest BCUT2D eigenvalue weighted by molar-refractivity contribution is 5.82. The van der Waals surface area contributed by atoms with E-state index in [4.69, 9.17) is 0 Å². The van der Waals surface area contributed by atoms with E-state index in [2.05, 4.69) is 15.3 Å². The Bertz CT molecular complexity index is 882. The molecule has 1 aliphatic heterocycles. The van der Waals surface area contributed by atoms with Crippen LogP contribution in [0.5, 0.6) is 0 Å². The zero-order valence-electron chi connectivity index (χ0n) is 13.6. The van der Waals surface area contributed by atoms with Gasteiger partial charge in [-0.1, -0.05) is 30.3 Å². The minimum absolute atomic E-state index is 0.0799. The first kappa shape index (κ1) is 14.6. The van der Waals surface area contributed by atoms with E-state index in [1.807, 2.05) is 60.0 Å². The van der Waals surface area contributed by atoms with E-state index >= 15 is 0 Å². The first-order chi connectivity index (χ1) is 11.6. The number of aromatic nitrogens is 5. The van der Waals surface area contributed by atoms with E-state index in [-0.39, 0.29) is 11.9 Å². The summed E-state index contributed by atoms with van der Waals surface area (Å²) in [5, 5.41) is 12.8. The quantitative estimate of drug-likeness (QED) is 0.737. The Morgan fingerprint density at radius 3 is 2.71 bits per heavy atom. The average molecular weight is 322 g/mol. The van der Waals surface area contributed by atoms with E-state index in [1.165, 1.54) is 0 Å². The molecular weight excluding hydrogens is 304 g/mol. The van der Waals surface area contributed by atoms with Gasteiger partial charge in [-0.3, -0.25) is 14.0 Å². The molecule has 1 amide bonds. The summed E-state index contributed by atoms with van der Waals surface area (Å²) in [7, 11) is 1.85. The summed E-state index contributed by atoms with van der Waals surface area (Å²) in [6.07, 6.45) is 3.62. The Hall–Kier alpha value is -2.96. The van der Waals surface area contributed by atoms with Crippen LogP contribution in [0.1, 0.15) is 24.4 Å². The molecule has 0 saturated heterocycles. The third-order valence-electron chi connectivity index (χ3n) is 4.33. The molecule has 3 heterocycles. The zero-order chi connectivity index (χ0) is 16.7. The Labute approximate surface area is 139 Å². The summed E-state index contributed by atoms with van der Waals surface area (Å²) >= 11 is 0. The van der Waals surface area contributed by atoms with Crippen LogP contribution < -0.4 is 0 Å². The van der Waals surface area contributed by atoms with Gasteiger partial charge in [-0.15, -0.1) is 10.2 Å². The first-order valence-electron chi connectivity index (χ1n) is 7.89. The fraction of sp³-hybridized carbons (Fsp3) is 0.294. The largest absolute Gasteiger partial charge is 0.329 e. The number of nitrogens with zero attached hydrogens (tertiary/aromatic N) is 6. The predicted octanol–water partition coefficient (Wildman–Crippen LogP) is 1.78. The molecule has 2 aromatic heterocycles. The van der Waals surface area contributed by atoms with Crippen LogP contribution >= 0.6 is 0 Å². The van der Waals surface area contributed by atoms with Crippen molar-refractivity contribution in [2.24, 2.45) is 7.05 Å². The molecule has 1 atom stereocenters. The summed E-state index contributed by atoms with van der Waals surface area (Å²) < 4.78 is 3.63. The molecule has 4 rings (SSSR count). The highest BCUT2D eigenvalue weighted by Crippen LogP contribution is 2.28. The van der Waals surface area contributed by atoms with Gasteiger partial charge in [0.15, 0.2) is 11.6 Å². The summed E-state index contributed by atoms with van der Waals surface area (Å²) in [4.78, 5) is 14.6. The third-order valence-corrected chi connectivity index (χ3v) is 4.33. The van der Waals surface area contributed by atoms with Crippen molar-refractivity contribution in [2.45, 2.75) is 26.1 Å². The number of hydrogen-bond donors (Lipinski definition) is 0. The van der Waals surface area contributed by atoms with Crippen molar-refractivity contribution in [3.05, 3.63) is 54.1 Å². The van der Waals surface area contributed by atoms with Gasteiger partial charge < -0.3 is 4.90 Å². The first-order valence-corrected chi connectivity index (χ1v) is 7.89. The van der Waals surface area contributed by atoms with E-state index in [0.717, 1.165) is 17.0 Å². The predicted molar refractivity (Wildman–Crippen MR) is 87.6 cm³/mol. The number of hydrogen-bond acceptors (Lipinski definition) is 4. The van der Waals surface area contributed by atoms with Gasteiger partial charge in [-0.25, -0.2) is 0 Å². The molecule has 24 heavy (non-hydrogen) atoms. The SMILES string of the molecule is C[C@H]1C(=O)N(Cc2ccccc2)Cc2nnc(-c3cnn(C)c3)n21. The molecule has 0 unspecified atom stereocenters. The second-order valence-corrected chi connectivity index (χ2v) is 6.07. The van der Waals surface area contributed by atoms with Crippen LogP contribution in [0.4, 0.5) is 0 Å². The van der Waals surface area contributed by atoms with Crippen LogP contribution in [-0.4, -0.2) is 35.4 Å². The van der Waals surface area contributed by atoms with Gasteiger partial charge in [-0.2, -0.15) is 5.10 Å². The van der Waals surface area contributed by atoms with Crippen molar-refractivity contribution in [1.29, 1.82) is 0 Å². The number of carbonyl (C=O) groups is 1. The average Bonchev–Trinajstić information content (AvgIpc) is 3.19. The molecule has 122 valence electrons. The van der Waals surface area contributed by atoms with Crippen LogP contribution in [-0.2, 0) is 24.9 Å². The van der Waals surface area contributed by atoms with Crippen LogP contribution in [0.3, 0.4) is 0 Å². The Morgan fingerprint density at radius 1 is 1.21 bits per heavy atom. The number of benzene rings is 1. The highest BCUT2D eigenvalue weighted by atomic mass is 16.2. The Kier molecular flexibility index (Phi) is 3.41. The van der Waals surface area contributed by atoms with Gasteiger partial charge >= 0.3 is 0 Å². The monoisotopic (exact) mass is 322 g/mol. The van der Waals surface area contributed by atoms with Gasteiger partial charge in [0.05, 0.1) is 18.3 Å².